The Hall–Kier alpha value is -2.20. The maximum atomic E-state index is 12.2. The van der Waals surface area contributed by atoms with Crippen LogP contribution in [0.2, 0.25) is 5.02 Å². The lowest BCUT2D eigenvalue weighted by Crippen LogP contribution is -2.22. The number of carbonyl (C=O) groups is 1. The minimum absolute atomic E-state index is 0.0622. The summed E-state index contributed by atoms with van der Waals surface area (Å²) in [5.41, 5.74) is 2.40. The number of para-hydroxylation sites is 1. The van der Waals surface area contributed by atoms with Gasteiger partial charge in [-0.2, -0.15) is 0 Å². The highest BCUT2D eigenvalue weighted by Gasteiger charge is 2.18. The predicted octanol–water partition coefficient (Wildman–Crippen LogP) is 5.29. The third-order valence-corrected chi connectivity index (χ3v) is 3.69. The highest BCUT2D eigenvalue weighted by molar-refractivity contribution is 6.32. The Labute approximate surface area is 141 Å². The van der Waals surface area contributed by atoms with Crippen LogP contribution in [0, 0.1) is 0 Å². The Morgan fingerprint density at radius 2 is 1.78 bits per heavy atom. The van der Waals surface area contributed by atoms with E-state index in [0.717, 1.165) is 11.3 Å². The summed E-state index contributed by atoms with van der Waals surface area (Å²) in [4.78, 5) is 12.2. The van der Waals surface area contributed by atoms with E-state index in [2.05, 4.69) is 31.4 Å². The van der Waals surface area contributed by atoms with E-state index in [9.17, 15) is 4.79 Å². The van der Waals surface area contributed by atoms with Crippen molar-refractivity contribution in [2.75, 3.05) is 17.7 Å². The second-order valence-electron chi connectivity index (χ2n) is 6.22. The average molecular weight is 333 g/mol. The van der Waals surface area contributed by atoms with Gasteiger partial charge in [-0.05, 0) is 35.2 Å². The van der Waals surface area contributed by atoms with Gasteiger partial charge in [-0.15, -0.1) is 0 Å². The van der Waals surface area contributed by atoms with Crippen LogP contribution in [0.4, 0.5) is 16.2 Å². The van der Waals surface area contributed by atoms with E-state index in [1.54, 1.807) is 25.3 Å². The number of ether oxygens (including phenoxy) is 1. The normalized spacial score (nSPS) is 11.0. The lowest BCUT2D eigenvalue weighted by molar-refractivity contribution is 0.262. The predicted molar refractivity (Wildman–Crippen MR) is 95.8 cm³/mol. The molecule has 2 aromatic carbocycles. The zero-order chi connectivity index (χ0) is 17.0. The Morgan fingerprint density at radius 3 is 2.39 bits per heavy atom. The van der Waals surface area contributed by atoms with Crippen LogP contribution < -0.4 is 15.4 Å². The molecule has 0 saturated heterocycles. The smallest absolute Gasteiger partial charge is 0.323 e. The number of amides is 2. The summed E-state index contributed by atoms with van der Waals surface area (Å²) in [6.07, 6.45) is 0. The number of hydrogen-bond acceptors (Lipinski definition) is 2. The van der Waals surface area contributed by atoms with Gasteiger partial charge in [-0.25, -0.2) is 4.79 Å². The van der Waals surface area contributed by atoms with E-state index in [4.69, 9.17) is 16.3 Å². The van der Waals surface area contributed by atoms with Gasteiger partial charge >= 0.3 is 6.03 Å². The first-order chi connectivity index (χ1) is 10.8. The van der Waals surface area contributed by atoms with Crippen LogP contribution in [-0.2, 0) is 5.41 Å². The van der Waals surface area contributed by atoms with E-state index >= 15 is 0 Å². The van der Waals surface area contributed by atoms with E-state index in [-0.39, 0.29) is 11.4 Å². The molecule has 0 heterocycles. The number of rotatable bonds is 3. The molecule has 2 aromatic rings. The summed E-state index contributed by atoms with van der Waals surface area (Å²) in [5, 5.41) is 6.11. The molecule has 23 heavy (non-hydrogen) atoms. The molecule has 0 radical (unpaired) electrons. The standard InChI is InChI=1S/C18H21ClN2O2/c1-18(2,3)13-7-5-6-8-15(13)21-17(22)20-12-9-10-16(23-4)14(19)11-12/h5-11H,1-4H3,(H2,20,21,22). The molecule has 2 rings (SSSR count). The Balaban J connectivity index is 2.13. The number of nitrogens with one attached hydrogen (secondary N) is 2. The fourth-order valence-corrected chi connectivity index (χ4v) is 2.53. The molecule has 0 unspecified atom stereocenters. The van der Waals surface area contributed by atoms with E-state index in [1.165, 1.54) is 0 Å². The lowest BCUT2D eigenvalue weighted by atomic mass is 9.86. The maximum Gasteiger partial charge on any atom is 0.323 e. The number of urea groups is 1. The first-order valence-corrected chi connectivity index (χ1v) is 7.70. The van der Waals surface area contributed by atoms with Gasteiger partial charge in [0.25, 0.3) is 0 Å². The van der Waals surface area contributed by atoms with Crippen molar-refractivity contribution >= 4 is 29.0 Å². The van der Waals surface area contributed by atoms with Gasteiger partial charge in [0.1, 0.15) is 5.75 Å². The molecule has 2 amide bonds. The number of methoxy groups -OCH3 is 1. The highest BCUT2D eigenvalue weighted by atomic mass is 35.5. The monoisotopic (exact) mass is 332 g/mol. The summed E-state index contributed by atoms with van der Waals surface area (Å²) in [5.74, 6) is 0.565. The largest absolute Gasteiger partial charge is 0.495 e. The summed E-state index contributed by atoms with van der Waals surface area (Å²) < 4.78 is 5.09. The van der Waals surface area contributed by atoms with Gasteiger partial charge in [-0.1, -0.05) is 50.6 Å². The molecule has 4 nitrogen and oxygen atoms in total. The van der Waals surface area contributed by atoms with Crippen LogP contribution in [0.3, 0.4) is 0 Å². The molecule has 0 aliphatic carbocycles. The van der Waals surface area contributed by atoms with Crippen LogP contribution >= 0.6 is 11.6 Å². The van der Waals surface area contributed by atoms with Gasteiger partial charge in [0.15, 0.2) is 0 Å². The van der Waals surface area contributed by atoms with Gasteiger partial charge in [0.2, 0.25) is 0 Å². The van der Waals surface area contributed by atoms with Gasteiger partial charge < -0.3 is 15.4 Å². The molecular formula is C18H21ClN2O2. The quantitative estimate of drug-likeness (QED) is 0.802. The van der Waals surface area contributed by atoms with E-state index in [1.807, 2.05) is 24.3 Å². The summed E-state index contributed by atoms with van der Waals surface area (Å²) >= 11 is 6.06. The van der Waals surface area contributed by atoms with Crippen molar-refractivity contribution in [1.82, 2.24) is 0 Å². The average Bonchev–Trinajstić information content (AvgIpc) is 2.46. The molecule has 0 atom stereocenters. The molecule has 0 saturated carbocycles. The van der Waals surface area contributed by atoms with E-state index < -0.39 is 0 Å². The number of halogens is 1. The van der Waals surface area contributed by atoms with Gasteiger partial charge in [0.05, 0.1) is 12.1 Å². The van der Waals surface area contributed by atoms with Crippen molar-refractivity contribution in [1.29, 1.82) is 0 Å². The zero-order valence-corrected chi connectivity index (χ0v) is 14.5. The fraction of sp³-hybridized carbons (Fsp3) is 0.278. The van der Waals surface area contributed by atoms with Crippen molar-refractivity contribution in [3.63, 3.8) is 0 Å². The second kappa shape index (κ2) is 6.92. The molecule has 0 spiro atoms. The Kier molecular flexibility index (Phi) is 5.16. The van der Waals surface area contributed by atoms with Gasteiger partial charge in [0, 0.05) is 11.4 Å². The topological polar surface area (TPSA) is 50.4 Å². The minimum atomic E-state index is -0.317. The Morgan fingerprint density at radius 1 is 1.09 bits per heavy atom. The molecular weight excluding hydrogens is 312 g/mol. The molecule has 122 valence electrons. The minimum Gasteiger partial charge on any atom is -0.495 e. The Bertz CT molecular complexity index is 708. The number of anilines is 2. The van der Waals surface area contributed by atoms with Crippen LogP contribution in [0.25, 0.3) is 0 Å². The summed E-state index contributed by atoms with van der Waals surface area (Å²) in [6.45, 7) is 6.32. The summed E-state index contributed by atoms with van der Waals surface area (Å²) in [6, 6.07) is 12.5. The van der Waals surface area contributed by atoms with Crippen molar-refractivity contribution in [2.45, 2.75) is 26.2 Å². The third kappa shape index (κ3) is 4.39. The van der Waals surface area contributed by atoms with Crippen molar-refractivity contribution < 1.29 is 9.53 Å². The maximum absolute atomic E-state index is 12.2. The number of carbonyl (C=O) groups excluding carboxylic acids is 1. The molecule has 0 aliphatic heterocycles. The van der Waals surface area contributed by atoms with Crippen molar-refractivity contribution in [3.05, 3.63) is 53.1 Å². The lowest BCUT2D eigenvalue weighted by Gasteiger charge is -2.23. The van der Waals surface area contributed by atoms with Gasteiger partial charge in [-0.3, -0.25) is 0 Å². The highest BCUT2D eigenvalue weighted by Crippen LogP contribution is 2.30. The molecule has 0 fully saturated rings. The molecule has 2 N–H and O–H groups in total. The molecule has 0 bridgehead atoms. The first-order valence-electron chi connectivity index (χ1n) is 7.32. The van der Waals surface area contributed by atoms with Crippen LogP contribution in [-0.4, -0.2) is 13.1 Å². The van der Waals surface area contributed by atoms with Crippen LogP contribution in [0.15, 0.2) is 42.5 Å². The number of hydrogen-bond donors (Lipinski definition) is 2. The zero-order valence-electron chi connectivity index (χ0n) is 13.7. The third-order valence-electron chi connectivity index (χ3n) is 3.39. The van der Waals surface area contributed by atoms with Crippen LogP contribution in [0.1, 0.15) is 26.3 Å². The summed E-state index contributed by atoms with van der Waals surface area (Å²) in [7, 11) is 1.55. The second-order valence-corrected chi connectivity index (χ2v) is 6.63. The van der Waals surface area contributed by atoms with Crippen LogP contribution in [0.5, 0.6) is 5.75 Å². The van der Waals surface area contributed by atoms with Crippen molar-refractivity contribution in [2.24, 2.45) is 0 Å². The molecule has 0 aromatic heterocycles. The molecule has 0 aliphatic rings. The van der Waals surface area contributed by atoms with E-state index in [0.29, 0.717) is 16.5 Å². The number of benzene rings is 2. The first kappa shape index (κ1) is 17.2. The fourth-order valence-electron chi connectivity index (χ4n) is 2.27. The molecule has 5 heteroatoms. The SMILES string of the molecule is COc1ccc(NC(=O)Nc2ccccc2C(C)(C)C)cc1Cl. The van der Waals surface area contributed by atoms with Crippen molar-refractivity contribution in [3.8, 4) is 5.75 Å².